The van der Waals surface area contributed by atoms with Gasteiger partial charge in [-0.2, -0.15) is 0 Å². The molecule has 3 rings (SSSR count). The Morgan fingerprint density at radius 3 is 1.79 bits per heavy atom. The smallest absolute Gasteiger partial charge is 0.261 e. The van der Waals surface area contributed by atoms with E-state index in [4.69, 9.17) is 0 Å². The van der Waals surface area contributed by atoms with Gasteiger partial charge in [0.15, 0.2) is 0 Å². The van der Waals surface area contributed by atoms with Crippen molar-refractivity contribution < 1.29 is 0 Å². The summed E-state index contributed by atoms with van der Waals surface area (Å²) in [6, 6.07) is 2.67. The average Bonchev–Trinajstić information content (AvgIpc) is 2.79. The van der Waals surface area contributed by atoms with Crippen molar-refractivity contribution >= 4 is 21.5 Å². The zero-order chi connectivity index (χ0) is 13.7. The van der Waals surface area contributed by atoms with Crippen molar-refractivity contribution in [3.63, 3.8) is 0 Å². The monoisotopic (exact) mass is 258 g/mol. The van der Waals surface area contributed by atoms with Crippen LogP contribution in [-0.2, 0) is 6.54 Å². The predicted molar refractivity (Wildman–Crippen MR) is 71.5 cm³/mol. The standard InChI is InChI=1S/C13H10N2O4/c1-2-3-15-12(18)8-4-6-7(5-9(8)13(15)19)11(17)14-10(6)16/h4-5H,2-3H2,1H3,(H,14,16,17). The number of benzene rings is 1. The molecule has 2 heterocycles. The van der Waals surface area contributed by atoms with E-state index in [0.29, 0.717) is 13.0 Å². The Kier molecular flexibility index (Phi) is 2.28. The van der Waals surface area contributed by atoms with Gasteiger partial charge in [-0.05, 0) is 18.6 Å². The molecule has 0 bridgehead atoms. The Balaban J connectivity index is 2.58. The average molecular weight is 258 g/mol. The van der Waals surface area contributed by atoms with E-state index in [1.54, 1.807) is 0 Å². The van der Waals surface area contributed by atoms with Crippen LogP contribution in [0.15, 0.2) is 31.3 Å². The number of fused-ring (bicyclic) bond motifs is 2. The molecule has 0 radical (unpaired) electrons. The van der Waals surface area contributed by atoms with Gasteiger partial charge in [0.2, 0.25) is 0 Å². The third-order valence-corrected chi connectivity index (χ3v) is 3.27. The number of aromatic nitrogens is 2. The zero-order valence-corrected chi connectivity index (χ0v) is 10.1. The van der Waals surface area contributed by atoms with Crippen molar-refractivity contribution in [3.8, 4) is 0 Å². The van der Waals surface area contributed by atoms with E-state index in [0.717, 1.165) is 4.57 Å². The van der Waals surface area contributed by atoms with Gasteiger partial charge in [-0.3, -0.25) is 28.7 Å². The Bertz CT molecular complexity index is 924. The van der Waals surface area contributed by atoms with E-state index in [-0.39, 0.29) is 21.5 Å². The Morgan fingerprint density at radius 2 is 1.37 bits per heavy atom. The summed E-state index contributed by atoms with van der Waals surface area (Å²) in [5.74, 6) is 0. The molecule has 1 N–H and O–H groups in total. The second-order valence-corrected chi connectivity index (χ2v) is 4.49. The van der Waals surface area contributed by atoms with Gasteiger partial charge in [-0.1, -0.05) is 6.92 Å². The van der Waals surface area contributed by atoms with Crippen LogP contribution in [0, 0.1) is 0 Å². The molecular formula is C13H10N2O4. The summed E-state index contributed by atoms with van der Waals surface area (Å²) < 4.78 is 1.14. The topological polar surface area (TPSA) is 89.0 Å². The molecule has 0 saturated heterocycles. The molecular weight excluding hydrogens is 248 g/mol. The van der Waals surface area contributed by atoms with Gasteiger partial charge in [0.25, 0.3) is 22.2 Å². The fourth-order valence-electron chi connectivity index (χ4n) is 2.38. The van der Waals surface area contributed by atoms with Gasteiger partial charge in [-0.25, -0.2) is 0 Å². The fraction of sp³-hybridized carbons (Fsp3) is 0.231. The number of nitrogens with one attached hydrogen (secondary N) is 1. The lowest BCUT2D eigenvalue weighted by Crippen LogP contribution is -2.25. The molecule has 0 fully saturated rings. The number of nitrogens with zero attached hydrogens (tertiary/aromatic N) is 1. The summed E-state index contributed by atoms with van der Waals surface area (Å²) in [7, 11) is 0. The molecule has 19 heavy (non-hydrogen) atoms. The number of hydrogen-bond acceptors (Lipinski definition) is 4. The maximum atomic E-state index is 12.1. The van der Waals surface area contributed by atoms with Crippen LogP contribution in [0.5, 0.6) is 0 Å². The highest BCUT2D eigenvalue weighted by Gasteiger charge is 2.16. The van der Waals surface area contributed by atoms with Gasteiger partial charge >= 0.3 is 0 Å². The van der Waals surface area contributed by atoms with Crippen LogP contribution in [0.3, 0.4) is 0 Å². The fourth-order valence-corrected chi connectivity index (χ4v) is 2.38. The number of aromatic amines is 1. The highest BCUT2D eigenvalue weighted by atomic mass is 16.2. The first kappa shape index (κ1) is 11.6. The van der Waals surface area contributed by atoms with Crippen molar-refractivity contribution in [1.82, 2.24) is 9.55 Å². The highest BCUT2D eigenvalue weighted by molar-refractivity contribution is 5.97. The minimum atomic E-state index is -0.531. The summed E-state index contributed by atoms with van der Waals surface area (Å²) in [5.41, 5.74) is -1.87. The number of H-pyrrole nitrogens is 1. The second kappa shape index (κ2) is 3.74. The highest BCUT2D eigenvalue weighted by Crippen LogP contribution is 2.13. The van der Waals surface area contributed by atoms with Crippen LogP contribution in [0.1, 0.15) is 13.3 Å². The van der Waals surface area contributed by atoms with Gasteiger partial charge in [0, 0.05) is 6.54 Å². The molecule has 0 unspecified atom stereocenters. The van der Waals surface area contributed by atoms with Crippen LogP contribution in [-0.4, -0.2) is 9.55 Å². The molecule has 0 aliphatic rings. The van der Waals surface area contributed by atoms with E-state index in [1.165, 1.54) is 12.1 Å². The summed E-state index contributed by atoms with van der Waals surface area (Å²) in [6.07, 6.45) is 0.657. The van der Waals surface area contributed by atoms with E-state index in [2.05, 4.69) is 4.98 Å². The van der Waals surface area contributed by atoms with E-state index >= 15 is 0 Å². The molecule has 1 aromatic carbocycles. The maximum Gasteiger partial charge on any atom is 0.261 e. The molecule has 3 aromatic rings. The number of hydrogen-bond donors (Lipinski definition) is 1. The van der Waals surface area contributed by atoms with E-state index < -0.39 is 22.2 Å². The first-order valence-corrected chi connectivity index (χ1v) is 5.94. The minimum absolute atomic E-state index is 0.156. The van der Waals surface area contributed by atoms with Gasteiger partial charge in [0.1, 0.15) is 0 Å². The lowest BCUT2D eigenvalue weighted by Gasteiger charge is -1.93. The molecule has 0 aliphatic heterocycles. The number of rotatable bonds is 2. The summed E-state index contributed by atoms with van der Waals surface area (Å²) in [6.45, 7) is 2.19. The van der Waals surface area contributed by atoms with E-state index in [1.807, 2.05) is 6.92 Å². The van der Waals surface area contributed by atoms with Crippen LogP contribution in [0.25, 0.3) is 21.5 Å². The SMILES string of the molecule is CCCn1c(=O)c2cc3c(=O)[nH]c(=O)c3cc2c1=O. The summed E-state index contributed by atoms with van der Waals surface area (Å²) in [5, 5.41) is 0.704. The van der Waals surface area contributed by atoms with Crippen LogP contribution < -0.4 is 22.2 Å². The quantitative estimate of drug-likeness (QED) is 0.692. The van der Waals surface area contributed by atoms with Crippen molar-refractivity contribution in [1.29, 1.82) is 0 Å². The molecule has 0 spiro atoms. The van der Waals surface area contributed by atoms with Crippen LogP contribution in [0.2, 0.25) is 0 Å². The van der Waals surface area contributed by atoms with Crippen molar-refractivity contribution in [2.75, 3.05) is 0 Å². The van der Waals surface area contributed by atoms with Crippen LogP contribution in [0.4, 0.5) is 0 Å². The third kappa shape index (κ3) is 1.43. The van der Waals surface area contributed by atoms with Gasteiger partial charge < -0.3 is 0 Å². The minimum Gasteiger partial charge on any atom is -0.288 e. The predicted octanol–water partition coefficient (Wildman–Crippen LogP) is -0.151. The van der Waals surface area contributed by atoms with Gasteiger partial charge in [-0.15, -0.1) is 0 Å². The van der Waals surface area contributed by atoms with Crippen LogP contribution >= 0.6 is 0 Å². The Labute approximate surface area is 105 Å². The van der Waals surface area contributed by atoms with Crippen molar-refractivity contribution in [3.05, 3.63) is 53.5 Å². The van der Waals surface area contributed by atoms with Gasteiger partial charge in [0.05, 0.1) is 21.5 Å². The van der Waals surface area contributed by atoms with E-state index in [9.17, 15) is 19.2 Å². The lowest BCUT2D eigenvalue weighted by molar-refractivity contribution is 0.650. The van der Waals surface area contributed by atoms with Crippen molar-refractivity contribution in [2.45, 2.75) is 19.9 Å². The molecule has 0 aliphatic carbocycles. The maximum absolute atomic E-state index is 12.1. The Hall–Kier alpha value is -2.50. The largest absolute Gasteiger partial charge is 0.288 e. The normalized spacial score (nSPS) is 11.6. The summed E-state index contributed by atoms with van der Waals surface area (Å²) >= 11 is 0. The molecule has 0 saturated carbocycles. The third-order valence-electron chi connectivity index (χ3n) is 3.27. The Morgan fingerprint density at radius 1 is 0.895 bits per heavy atom. The first-order chi connectivity index (χ1) is 9.04. The van der Waals surface area contributed by atoms with Crippen molar-refractivity contribution in [2.24, 2.45) is 0 Å². The first-order valence-electron chi connectivity index (χ1n) is 5.94. The second-order valence-electron chi connectivity index (χ2n) is 4.49. The molecule has 0 atom stereocenters. The molecule has 96 valence electrons. The molecule has 6 heteroatoms. The molecule has 0 amide bonds. The molecule has 6 nitrogen and oxygen atoms in total. The zero-order valence-electron chi connectivity index (χ0n) is 10.1. The molecule has 2 aromatic heterocycles. The lowest BCUT2D eigenvalue weighted by atomic mass is 10.1. The summed E-state index contributed by atoms with van der Waals surface area (Å²) in [4.78, 5) is 49.3.